The molecule has 170 valence electrons. The summed E-state index contributed by atoms with van der Waals surface area (Å²) in [6.45, 7) is -2.58. The number of rotatable bonds is 6. The van der Waals surface area contributed by atoms with Gasteiger partial charge in [0.25, 0.3) is 0 Å². The number of carbonyl (C=O) groups excluding carboxylic acids is 1. The molecular formula is C32H24ClOP. The largest absolute Gasteiger partial charge is 0.289 e. The third-order valence-corrected chi connectivity index (χ3v) is 10.7. The van der Waals surface area contributed by atoms with Gasteiger partial charge in [0.2, 0.25) is 0 Å². The van der Waals surface area contributed by atoms with Gasteiger partial charge in [0.15, 0.2) is 5.78 Å². The van der Waals surface area contributed by atoms with Crippen LogP contribution >= 0.6 is 18.5 Å². The molecule has 5 rings (SSSR count). The number of carbonyl (C=O) groups is 1. The standard InChI is InChI=1S/C32H24ClOP/c33-27-23-21-25(22-24-27)31(34)32(26-13-5-1-6-14-26)35(28-15-7-2-8-16-28,29-17-9-3-10-18-29)30-19-11-4-12-20-30/h1-24H. The zero-order valence-corrected chi connectivity index (χ0v) is 20.7. The molecule has 0 aromatic heterocycles. The fourth-order valence-corrected chi connectivity index (χ4v) is 9.22. The van der Waals surface area contributed by atoms with Gasteiger partial charge in [-0.1, -0.05) is 133 Å². The van der Waals surface area contributed by atoms with Gasteiger partial charge in [-0.05, 0) is 52.6 Å². The third kappa shape index (κ3) is 4.42. The summed E-state index contributed by atoms with van der Waals surface area (Å²) in [6, 6.07) is 48.7. The predicted molar refractivity (Wildman–Crippen MR) is 151 cm³/mol. The fraction of sp³-hybridized carbons (Fsp3) is 0. The smallest absolute Gasteiger partial charge is 0.194 e. The number of halogens is 1. The third-order valence-electron chi connectivity index (χ3n) is 6.13. The van der Waals surface area contributed by atoms with Crippen LogP contribution in [0.1, 0.15) is 15.9 Å². The first-order valence-corrected chi connectivity index (χ1v) is 13.7. The summed E-state index contributed by atoms with van der Waals surface area (Å²) in [6.07, 6.45) is 0. The Morgan fingerprint density at radius 2 is 0.829 bits per heavy atom. The summed E-state index contributed by atoms with van der Waals surface area (Å²) in [4.78, 5) is 14.6. The Balaban J connectivity index is 2.04. The highest BCUT2D eigenvalue weighted by Crippen LogP contribution is 2.48. The monoisotopic (exact) mass is 490 g/mol. The van der Waals surface area contributed by atoms with Crippen molar-refractivity contribution in [3.63, 3.8) is 0 Å². The van der Waals surface area contributed by atoms with Crippen molar-refractivity contribution in [1.29, 1.82) is 0 Å². The molecule has 3 heteroatoms. The first kappa shape index (κ1) is 23.1. The van der Waals surface area contributed by atoms with E-state index in [1.165, 1.54) is 0 Å². The van der Waals surface area contributed by atoms with Gasteiger partial charge < -0.3 is 0 Å². The zero-order chi connectivity index (χ0) is 24.1. The highest BCUT2D eigenvalue weighted by atomic mass is 35.5. The molecule has 0 aliphatic carbocycles. The SMILES string of the molecule is O=C(C(c1ccccc1)=P(c1ccccc1)(c1ccccc1)c1ccccc1)c1ccc(Cl)cc1. The maximum Gasteiger partial charge on any atom is 0.194 e. The molecule has 0 N–H and O–H groups in total. The molecule has 5 aromatic rings. The minimum Gasteiger partial charge on any atom is -0.289 e. The molecule has 0 atom stereocenters. The topological polar surface area (TPSA) is 17.1 Å². The van der Waals surface area contributed by atoms with E-state index in [4.69, 9.17) is 11.6 Å². The normalized spacial score (nSPS) is 11.1. The molecule has 0 radical (unpaired) electrons. The maximum atomic E-state index is 14.6. The lowest BCUT2D eigenvalue weighted by Crippen LogP contribution is -2.34. The van der Waals surface area contributed by atoms with Crippen molar-refractivity contribution in [2.75, 3.05) is 0 Å². The van der Waals surface area contributed by atoms with E-state index in [1.54, 1.807) is 12.1 Å². The number of ketones is 1. The number of Topliss-reactive ketones (excluding diaryl/α,β-unsaturated/α-hetero) is 1. The summed E-state index contributed by atoms with van der Waals surface area (Å²) < 4.78 is 0. The van der Waals surface area contributed by atoms with Crippen molar-refractivity contribution in [3.05, 3.63) is 162 Å². The van der Waals surface area contributed by atoms with Gasteiger partial charge in [-0.2, -0.15) is 0 Å². The first-order chi connectivity index (χ1) is 17.2. The maximum absolute atomic E-state index is 14.6. The van der Waals surface area contributed by atoms with Crippen molar-refractivity contribution in [1.82, 2.24) is 0 Å². The van der Waals surface area contributed by atoms with Crippen LogP contribution in [0.3, 0.4) is 0 Å². The summed E-state index contributed by atoms with van der Waals surface area (Å²) in [7, 11) is 0. The van der Waals surface area contributed by atoms with Gasteiger partial charge in [-0.15, -0.1) is 0 Å². The molecular weight excluding hydrogens is 467 g/mol. The molecule has 0 unspecified atom stereocenters. The van der Waals surface area contributed by atoms with Gasteiger partial charge in [0, 0.05) is 15.9 Å². The molecule has 1 nitrogen and oxygen atoms in total. The molecule has 0 saturated heterocycles. The van der Waals surface area contributed by atoms with Crippen molar-refractivity contribution in [3.8, 4) is 0 Å². The number of hydrogen-bond donors (Lipinski definition) is 0. The van der Waals surface area contributed by atoms with E-state index < -0.39 is 6.89 Å². The molecule has 35 heavy (non-hydrogen) atoms. The van der Waals surface area contributed by atoms with Crippen LogP contribution in [0.2, 0.25) is 5.02 Å². The lowest BCUT2D eigenvalue weighted by Gasteiger charge is -2.32. The molecule has 0 aliphatic rings. The Morgan fingerprint density at radius 3 is 1.23 bits per heavy atom. The molecule has 0 bridgehead atoms. The minimum atomic E-state index is -2.58. The molecule has 5 aromatic carbocycles. The van der Waals surface area contributed by atoms with Crippen LogP contribution in [0.5, 0.6) is 0 Å². The Hall–Kier alpha value is -3.64. The Labute approximate surface area is 211 Å². The average molecular weight is 491 g/mol. The second-order valence-corrected chi connectivity index (χ2v) is 12.0. The van der Waals surface area contributed by atoms with Gasteiger partial charge in [0.05, 0.1) is 0 Å². The van der Waals surface area contributed by atoms with Crippen LogP contribution in [0.4, 0.5) is 0 Å². The highest BCUT2D eigenvalue weighted by Gasteiger charge is 2.34. The van der Waals surface area contributed by atoms with Crippen molar-refractivity contribution < 1.29 is 4.79 Å². The quantitative estimate of drug-likeness (QED) is 0.190. The van der Waals surface area contributed by atoms with Crippen LogP contribution in [-0.2, 0) is 0 Å². The Kier molecular flexibility index (Phi) is 6.82. The number of benzene rings is 5. The summed E-state index contributed by atoms with van der Waals surface area (Å²) in [5.74, 6) is 0.0118. The minimum absolute atomic E-state index is 0.0118. The van der Waals surface area contributed by atoms with Crippen LogP contribution in [0.25, 0.3) is 0 Å². The molecule has 0 saturated carbocycles. The second kappa shape index (κ2) is 10.3. The van der Waals surface area contributed by atoms with Crippen LogP contribution < -0.4 is 15.9 Å². The van der Waals surface area contributed by atoms with E-state index in [2.05, 4.69) is 72.8 Å². The first-order valence-electron chi connectivity index (χ1n) is 11.5. The van der Waals surface area contributed by atoms with Gasteiger partial charge in [-0.25, -0.2) is 0 Å². The summed E-state index contributed by atoms with van der Waals surface area (Å²) in [5.41, 5.74) is 1.55. The van der Waals surface area contributed by atoms with E-state index in [-0.39, 0.29) is 5.78 Å². The molecule has 0 heterocycles. The predicted octanol–water partition coefficient (Wildman–Crippen LogP) is 6.74. The summed E-state index contributed by atoms with van der Waals surface area (Å²) >= 11 is 6.18. The van der Waals surface area contributed by atoms with Crippen LogP contribution in [0.15, 0.2) is 146 Å². The van der Waals surface area contributed by atoms with E-state index in [0.717, 1.165) is 26.8 Å². The van der Waals surface area contributed by atoms with Gasteiger partial charge >= 0.3 is 0 Å². The van der Waals surface area contributed by atoms with E-state index in [1.807, 2.05) is 60.7 Å². The lowest BCUT2D eigenvalue weighted by atomic mass is 10.0. The lowest BCUT2D eigenvalue weighted by molar-refractivity contribution is 0.106. The number of hydrogen-bond acceptors (Lipinski definition) is 1. The van der Waals surface area contributed by atoms with E-state index in [9.17, 15) is 4.79 Å². The highest BCUT2D eigenvalue weighted by molar-refractivity contribution is 7.97. The second-order valence-electron chi connectivity index (χ2n) is 8.23. The Bertz CT molecular complexity index is 1370. The van der Waals surface area contributed by atoms with Gasteiger partial charge in [0.1, 0.15) is 0 Å². The van der Waals surface area contributed by atoms with Crippen molar-refractivity contribution >= 4 is 45.5 Å². The fourth-order valence-electron chi connectivity index (χ4n) is 4.60. The van der Waals surface area contributed by atoms with E-state index >= 15 is 0 Å². The molecule has 0 spiro atoms. The molecule has 0 amide bonds. The van der Waals surface area contributed by atoms with Crippen LogP contribution in [0, 0.1) is 0 Å². The zero-order valence-electron chi connectivity index (χ0n) is 19.1. The van der Waals surface area contributed by atoms with Gasteiger partial charge in [-0.3, -0.25) is 4.79 Å². The van der Waals surface area contributed by atoms with Crippen LogP contribution in [-0.4, -0.2) is 11.1 Å². The average Bonchev–Trinajstić information content (AvgIpc) is 2.94. The van der Waals surface area contributed by atoms with Crippen molar-refractivity contribution in [2.45, 2.75) is 0 Å². The molecule has 0 aliphatic heterocycles. The molecule has 0 fully saturated rings. The summed E-state index contributed by atoms with van der Waals surface area (Å²) in [5, 5.41) is 4.83. The van der Waals surface area contributed by atoms with E-state index in [0.29, 0.717) is 10.6 Å². The van der Waals surface area contributed by atoms with Crippen molar-refractivity contribution in [2.24, 2.45) is 0 Å². The Morgan fingerprint density at radius 1 is 0.457 bits per heavy atom.